The van der Waals surface area contributed by atoms with E-state index >= 15 is 0 Å². The van der Waals surface area contributed by atoms with Crippen LogP contribution in [-0.4, -0.2) is 29.1 Å². The molecule has 4 aromatic heterocycles. The van der Waals surface area contributed by atoms with Crippen LogP contribution < -0.4 is 0 Å². The predicted octanol–water partition coefficient (Wildman–Crippen LogP) is 11.9. The molecule has 0 saturated heterocycles. The van der Waals surface area contributed by atoms with Crippen LogP contribution in [-0.2, 0) is 0 Å². The lowest BCUT2D eigenvalue weighted by Crippen LogP contribution is -2.04. The van der Waals surface area contributed by atoms with Crippen molar-refractivity contribution in [3.63, 3.8) is 0 Å². The molecule has 0 unspecified atom stereocenters. The summed E-state index contributed by atoms with van der Waals surface area (Å²) in [6.45, 7) is 0. The largest absolute Gasteiger partial charge is 0.309 e. The van der Waals surface area contributed by atoms with Crippen LogP contribution in [0.5, 0.6) is 0 Å². The lowest BCUT2D eigenvalue weighted by Gasteiger charge is -2.19. The molecular formula is C52H30N8. The maximum absolute atomic E-state index is 9.91. The summed E-state index contributed by atoms with van der Waals surface area (Å²) in [5.74, 6) is 1.66. The van der Waals surface area contributed by atoms with Gasteiger partial charge in [-0.05, 0) is 78.9 Å². The second kappa shape index (κ2) is 14.0. The highest BCUT2D eigenvalue weighted by molar-refractivity contribution is 6.12. The fourth-order valence-electron chi connectivity index (χ4n) is 8.39. The van der Waals surface area contributed by atoms with Crippen molar-refractivity contribution in [1.29, 1.82) is 10.5 Å². The lowest BCUT2D eigenvalue weighted by atomic mass is 10.0. The first-order valence-electron chi connectivity index (χ1n) is 19.5. The number of hydrogen-bond acceptors (Lipinski definition) is 6. The van der Waals surface area contributed by atoms with E-state index in [9.17, 15) is 10.5 Å². The maximum Gasteiger partial charge on any atom is 0.164 e. The molecule has 4 heterocycles. The third-order valence-corrected chi connectivity index (χ3v) is 11.1. The van der Waals surface area contributed by atoms with Crippen molar-refractivity contribution in [2.45, 2.75) is 0 Å². The summed E-state index contributed by atoms with van der Waals surface area (Å²) < 4.78 is 4.49. The number of para-hydroxylation sites is 2. The summed E-state index contributed by atoms with van der Waals surface area (Å²) >= 11 is 0. The van der Waals surface area contributed by atoms with Gasteiger partial charge in [0, 0.05) is 50.0 Å². The third kappa shape index (κ3) is 5.60. The van der Waals surface area contributed by atoms with Crippen molar-refractivity contribution in [1.82, 2.24) is 29.1 Å². The third-order valence-electron chi connectivity index (χ3n) is 11.1. The second-order valence-corrected chi connectivity index (χ2v) is 14.5. The molecule has 8 nitrogen and oxygen atoms in total. The van der Waals surface area contributed by atoms with Gasteiger partial charge in [0.25, 0.3) is 0 Å². The zero-order valence-electron chi connectivity index (χ0n) is 31.9. The van der Waals surface area contributed by atoms with E-state index in [0.29, 0.717) is 28.6 Å². The number of fused-ring (bicyclic) bond motifs is 6. The van der Waals surface area contributed by atoms with Crippen molar-refractivity contribution in [2.24, 2.45) is 0 Å². The second-order valence-electron chi connectivity index (χ2n) is 14.5. The quantitative estimate of drug-likeness (QED) is 0.167. The molecule has 60 heavy (non-hydrogen) atoms. The van der Waals surface area contributed by atoms with Crippen molar-refractivity contribution in [3.05, 3.63) is 193 Å². The summed E-state index contributed by atoms with van der Waals surface area (Å²) in [5, 5.41) is 23.8. The van der Waals surface area contributed by atoms with Gasteiger partial charge < -0.3 is 9.13 Å². The van der Waals surface area contributed by atoms with E-state index in [0.717, 1.165) is 82.9 Å². The lowest BCUT2D eigenvalue weighted by molar-refractivity contribution is 1.07. The summed E-state index contributed by atoms with van der Waals surface area (Å²) in [6.07, 6.45) is 1.83. The van der Waals surface area contributed by atoms with E-state index in [4.69, 9.17) is 19.9 Å². The molecule has 278 valence electrons. The predicted molar refractivity (Wildman–Crippen MR) is 237 cm³/mol. The van der Waals surface area contributed by atoms with Crippen LogP contribution >= 0.6 is 0 Å². The summed E-state index contributed by atoms with van der Waals surface area (Å²) in [4.78, 5) is 20.4. The van der Waals surface area contributed by atoms with Crippen molar-refractivity contribution >= 4 is 43.6 Å². The van der Waals surface area contributed by atoms with Gasteiger partial charge >= 0.3 is 0 Å². The van der Waals surface area contributed by atoms with Gasteiger partial charge in [-0.25, -0.2) is 15.0 Å². The Morgan fingerprint density at radius 1 is 0.383 bits per heavy atom. The molecule has 11 rings (SSSR count). The first-order chi connectivity index (χ1) is 29.7. The Kier molecular flexibility index (Phi) is 8.07. The van der Waals surface area contributed by atoms with Gasteiger partial charge in [0.1, 0.15) is 0 Å². The monoisotopic (exact) mass is 766 g/mol. The SMILES string of the molecule is N#Cc1ccc2c(c1)c1ccccc1n2-c1ccc(-c2nc(-c3ccccc3)nc(-c3ccccc3)n2)cc1-c1ncccc1-n1c2ccccc2c2cc(C#N)ccc21. The molecule has 0 spiro atoms. The van der Waals surface area contributed by atoms with Gasteiger partial charge in [0.2, 0.25) is 0 Å². The Labute approximate surface area is 344 Å². The minimum atomic E-state index is 0.523. The van der Waals surface area contributed by atoms with Gasteiger partial charge in [0.15, 0.2) is 17.5 Å². The molecule has 0 atom stereocenters. The standard InChI is InChI=1S/C52H30N8/c53-31-33-21-24-45-40(28-33)38-16-7-9-18-43(38)59(45)47-26-23-37(52-57-50(35-12-3-1-4-13-35)56-51(58-52)36-14-5-2-6-15-36)30-42(47)49-48(20-11-27-55-49)60-44-19-10-8-17-39(44)41-29-34(32-54)22-25-46(41)60/h1-30H. The van der Waals surface area contributed by atoms with Crippen LogP contribution in [0.15, 0.2) is 182 Å². The molecule has 0 aliphatic heterocycles. The van der Waals surface area contributed by atoms with Crippen LogP contribution in [0.4, 0.5) is 0 Å². The average Bonchev–Trinajstić information content (AvgIpc) is 3.83. The number of pyridine rings is 1. The first kappa shape index (κ1) is 34.5. The smallest absolute Gasteiger partial charge is 0.164 e. The highest BCUT2D eigenvalue weighted by Crippen LogP contribution is 2.41. The molecule has 0 fully saturated rings. The molecule has 0 aliphatic rings. The van der Waals surface area contributed by atoms with Gasteiger partial charge in [-0.3, -0.25) is 4.98 Å². The fraction of sp³-hybridized carbons (Fsp3) is 0. The highest BCUT2D eigenvalue weighted by Gasteiger charge is 2.23. The zero-order valence-corrected chi connectivity index (χ0v) is 31.9. The Hall–Kier alpha value is -8.72. The van der Waals surface area contributed by atoms with E-state index in [1.165, 1.54) is 0 Å². The molecular weight excluding hydrogens is 737 g/mol. The van der Waals surface area contributed by atoms with E-state index in [-0.39, 0.29) is 0 Å². The van der Waals surface area contributed by atoms with Crippen molar-refractivity contribution in [2.75, 3.05) is 0 Å². The van der Waals surface area contributed by atoms with E-state index in [1.54, 1.807) is 0 Å². The Morgan fingerprint density at radius 2 is 0.867 bits per heavy atom. The minimum absolute atomic E-state index is 0.523. The molecule has 0 radical (unpaired) electrons. The summed E-state index contributed by atoms with van der Waals surface area (Å²) in [7, 11) is 0. The maximum atomic E-state index is 9.91. The highest BCUT2D eigenvalue weighted by atomic mass is 15.0. The molecule has 0 saturated carbocycles. The van der Waals surface area contributed by atoms with Gasteiger partial charge in [-0.1, -0.05) is 97.1 Å². The van der Waals surface area contributed by atoms with Crippen LogP contribution in [0, 0.1) is 22.7 Å². The van der Waals surface area contributed by atoms with E-state index in [2.05, 4.69) is 69.8 Å². The molecule has 0 bridgehead atoms. The number of benzene rings is 7. The number of hydrogen-bond donors (Lipinski definition) is 0. The topological polar surface area (TPSA) is 109 Å². The van der Waals surface area contributed by atoms with Crippen LogP contribution in [0.3, 0.4) is 0 Å². The van der Waals surface area contributed by atoms with Crippen LogP contribution in [0.2, 0.25) is 0 Å². The number of nitriles is 2. The zero-order chi connectivity index (χ0) is 40.2. The molecule has 11 aromatic rings. The van der Waals surface area contributed by atoms with Crippen molar-refractivity contribution in [3.8, 4) is 68.9 Å². The number of nitrogens with zero attached hydrogens (tertiary/aromatic N) is 8. The minimum Gasteiger partial charge on any atom is -0.309 e. The molecule has 7 aromatic carbocycles. The van der Waals surface area contributed by atoms with Gasteiger partial charge in [-0.2, -0.15) is 10.5 Å². The van der Waals surface area contributed by atoms with Gasteiger partial charge in [0.05, 0.1) is 62.4 Å². The summed E-state index contributed by atoms with van der Waals surface area (Å²) in [5.41, 5.74) is 11.0. The Morgan fingerprint density at radius 3 is 1.42 bits per heavy atom. The van der Waals surface area contributed by atoms with E-state index in [1.807, 2.05) is 134 Å². The number of rotatable bonds is 6. The molecule has 0 N–H and O–H groups in total. The van der Waals surface area contributed by atoms with E-state index < -0.39 is 0 Å². The number of aromatic nitrogens is 6. The normalized spacial score (nSPS) is 11.3. The molecule has 0 amide bonds. The molecule has 8 heteroatoms. The van der Waals surface area contributed by atoms with Crippen molar-refractivity contribution < 1.29 is 0 Å². The first-order valence-corrected chi connectivity index (χ1v) is 19.5. The van der Waals surface area contributed by atoms with Crippen LogP contribution in [0.25, 0.3) is 100 Å². The Bertz CT molecular complexity index is 3510. The molecule has 0 aliphatic carbocycles. The van der Waals surface area contributed by atoms with Gasteiger partial charge in [-0.15, -0.1) is 0 Å². The van der Waals surface area contributed by atoms with Crippen LogP contribution in [0.1, 0.15) is 11.1 Å². The average molecular weight is 767 g/mol. The summed E-state index contributed by atoms with van der Waals surface area (Å²) in [6, 6.07) is 63.2. The Balaban J connectivity index is 1.23. The fourth-order valence-corrected chi connectivity index (χ4v) is 8.39.